The Hall–Kier alpha value is -1.47. The normalized spacial score (nSPS) is 23.8. The number of hydrogen-bond acceptors (Lipinski definition) is 3. The van der Waals surface area contributed by atoms with Crippen molar-refractivity contribution in [3.8, 4) is 12.3 Å². The molecular formula is C14H19N3O. The van der Waals surface area contributed by atoms with E-state index in [0.29, 0.717) is 18.4 Å². The van der Waals surface area contributed by atoms with Gasteiger partial charge in [0, 0.05) is 18.4 Å². The van der Waals surface area contributed by atoms with Crippen LogP contribution in [0.3, 0.4) is 0 Å². The van der Waals surface area contributed by atoms with Gasteiger partial charge in [-0.15, -0.1) is 6.42 Å². The third-order valence-corrected chi connectivity index (χ3v) is 3.80. The smallest absolute Gasteiger partial charge is 0.128 e. The molecule has 2 N–H and O–H groups in total. The molecule has 1 saturated heterocycles. The monoisotopic (exact) mass is 245 g/mol. The molecule has 2 aliphatic rings. The van der Waals surface area contributed by atoms with Gasteiger partial charge in [-0.1, -0.05) is 5.92 Å². The predicted octanol–water partition coefficient (Wildman–Crippen LogP) is 1.87. The maximum atomic E-state index is 6.24. The van der Waals surface area contributed by atoms with E-state index in [-0.39, 0.29) is 0 Å². The first kappa shape index (κ1) is 11.6. The van der Waals surface area contributed by atoms with Gasteiger partial charge in [0.25, 0.3) is 0 Å². The van der Waals surface area contributed by atoms with Crippen LogP contribution < -0.4 is 5.73 Å². The summed E-state index contributed by atoms with van der Waals surface area (Å²) in [4.78, 5) is 4.78. The van der Waals surface area contributed by atoms with E-state index in [1.165, 1.54) is 12.8 Å². The van der Waals surface area contributed by atoms with Crippen molar-refractivity contribution in [3.63, 3.8) is 0 Å². The van der Waals surface area contributed by atoms with Crippen molar-refractivity contribution >= 4 is 5.82 Å². The molecule has 1 aliphatic heterocycles. The van der Waals surface area contributed by atoms with Gasteiger partial charge in [0.1, 0.15) is 11.6 Å². The molecule has 96 valence electrons. The molecule has 0 spiro atoms. The molecule has 2 fully saturated rings. The van der Waals surface area contributed by atoms with E-state index in [9.17, 15) is 0 Å². The van der Waals surface area contributed by atoms with Gasteiger partial charge in [-0.3, -0.25) is 0 Å². The fraction of sp³-hybridized carbons (Fsp3) is 0.643. The molecule has 1 aromatic rings. The van der Waals surface area contributed by atoms with Gasteiger partial charge in [-0.05, 0) is 25.7 Å². The molecule has 4 heteroatoms. The van der Waals surface area contributed by atoms with Crippen molar-refractivity contribution in [2.75, 3.05) is 18.9 Å². The van der Waals surface area contributed by atoms with E-state index in [1.54, 1.807) is 0 Å². The molecule has 1 aliphatic carbocycles. The lowest BCUT2D eigenvalue weighted by atomic mass is 9.98. The van der Waals surface area contributed by atoms with Gasteiger partial charge < -0.3 is 15.0 Å². The largest absolute Gasteiger partial charge is 0.384 e. The summed E-state index contributed by atoms with van der Waals surface area (Å²) >= 11 is 0. The van der Waals surface area contributed by atoms with Crippen LogP contribution in [0.25, 0.3) is 0 Å². The van der Waals surface area contributed by atoms with E-state index in [2.05, 4.69) is 5.92 Å². The molecule has 3 rings (SSSR count). The second kappa shape index (κ2) is 4.66. The summed E-state index contributed by atoms with van der Waals surface area (Å²) in [5, 5.41) is 0. The molecule has 1 saturated carbocycles. The highest BCUT2D eigenvalue weighted by atomic mass is 16.5. The van der Waals surface area contributed by atoms with E-state index >= 15 is 0 Å². The number of nitrogen functional groups attached to an aromatic ring is 1. The molecular weight excluding hydrogens is 226 g/mol. The average Bonchev–Trinajstić information content (AvgIpc) is 3.19. The summed E-state index contributed by atoms with van der Waals surface area (Å²) in [5.41, 5.74) is 7.24. The number of ether oxygens (including phenoxy) is 1. The fourth-order valence-electron chi connectivity index (χ4n) is 2.67. The molecule has 4 nitrogen and oxygen atoms in total. The SMILES string of the molecule is C#CCn1c(C2CC2)nc(C2CCCOC2)c1N. The molecule has 1 unspecified atom stereocenters. The molecule has 18 heavy (non-hydrogen) atoms. The van der Waals surface area contributed by atoms with Crippen LogP contribution in [0.1, 0.15) is 49.0 Å². The Morgan fingerprint density at radius 3 is 2.83 bits per heavy atom. The van der Waals surface area contributed by atoms with Gasteiger partial charge in [0.2, 0.25) is 0 Å². The quantitative estimate of drug-likeness (QED) is 0.827. The molecule has 0 aromatic carbocycles. The highest BCUT2D eigenvalue weighted by molar-refractivity contribution is 5.42. The summed E-state index contributed by atoms with van der Waals surface area (Å²) in [6.07, 6.45) is 10.0. The van der Waals surface area contributed by atoms with Crippen molar-refractivity contribution < 1.29 is 4.74 Å². The Morgan fingerprint density at radius 1 is 1.39 bits per heavy atom. The lowest BCUT2D eigenvalue weighted by Gasteiger charge is -2.20. The Kier molecular flexibility index (Phi) is 3.00. The minimum atomic E-state index is 0.343. The lowest BCUT2D eigenvalue weighted by molar-refractivity contribution is 0.0796. The van der Waals surface area contributed by atoms with Crippen LogP contribution in [0.4, 0.5) is 5.82 Å². The Labute approximate surface area is 108 Å². The highest BCUT2D eigenvalue weighted by Crippen LogP contribution is 2.42. The van der Waals surface area contributed by atoms with Crippen LogP contribution in [0, 0.1) is 12.3 Å². The summed E-state index contributed by atoms with van der Waals surface area (Å²) in [7, 11) is 0. The zero-order valence-corrected chi connectivity index (χ0v) is 10.6. The number of rotatable bonds is 3. The minimum Gasteiger partial charge on any atom is -0.384 e. The standard InChI is InChI=1S/C14H19N3O/c1-2-7-17-13(15)12(11-4-3-8-18-9-11)16-14(17)10-5-6-10/h1,10-11H,3-9,15H2. The summed E-state index contributed by atoms with van der Waals surface area (Å²) in [5.74, 6) is 5.43. The first-order valence-electron chi connectivity index (χ1n) is 6.68. The van der Waals surface area contributed by atoms with E-state index in [4.69, 9.17) is 21.9 Å². The van der Waals surface area contributed by atoms with Gasteiger partial charge in [-0.25, -0.2) is 4.98 Å². The summed E-state index contributed by atoms with van der Waals surface area (Å²) < 4.78 is 7.55. The van der Waals surface area contributed by atoms with E-state index in [1.807, 2.05) is 4.57 Å². The van der Waals surface area contributed by atoms with Gasteiger partial charge in [-0.2, -0.15) is 0 Å². The van der Waals surface area contributed by atoms with Crippen LogP contribution >= 0.6 is 0 Å². The molecule has 1 aromatic heterocycles. The van der Waals surface area contributed by atoms with Crippen molar-refractivity contribution in [3.05, 3.63) is 11.5 Å². The van der Waals surface area contributed by atoms with Crippen LogP contribution in [-0.2, 0) is 11.3 Å². The number of nitrogens with zero attached hydrogens (tertiary/aromatic N) is 2. The van der Waals surface area contributed by atoms with Crippen LogP contribution in [-0.4, -0.2) is 22.8 Å². The summed E-state index contributed by atoms with van der Waals surface area (Å²) in [6.45, 7) is 2.12. The summed E-state index contributed by atoms with van der Waals surface area (Å²) in [6, 6.07) is 0. The third kappa shape index (κ3) is 1.99. The Bertz CT molecular complexity index is 476. The van der Waals surface area contributed by atoms with Crippen molar-refractivity contribution in [2.24, 2.45) is 0 Å². The second-order valence-electron chi connectivity index (χ2n) is 5.22. The van der Waals surface area contributed by atoms with Crippen LogP contribution in [0.2, 0.25) is 0 Å². The molecule has 2 heterocycles. The number of hydrogen-bond donors (Lipinski definition) is 1. The number of anilines is 1. The maximum absolute atomic E-state index is 6.24. The zero-order valence-electron chi connectivity index (χ0n) is 10.6. The molecule has 1 atom stereocenters. The molecule has 0 radical (unpaired) electrons. The number of terminal acetylenes is 1. The average molecular weight is 245 g/mol. The van der Waals surface area contributed by atoms with Crippen molar-refractivity contribution in [1.82, 2.24) is 9.55 Å². The first-order valence-corrected chi connectivity index (χ1v) is 6.68. The van der Waals surface area contributed by atoms with Crippen molar-refractivity contribution in [2.45, 2.75) is 44.1 Å². The third-order valence-electron chi connectivity index (χ3n) is 3.80. The van der Waals surface area contributed by atoms with Gasteiger partial charge in [0.15, 0.2) is 0 Å². The Morgan fingerprint density at radius 2 is 2.22 bits per heavy atom. The maximum Gasteiger partial charge on any atom is 0.128 e. The number of aromatic nitrogens is 2. The van der Waals surface area contributed by atoms with E-state index < -0.39 is 0 Å². The predicted molar refractivity (Wildman–Crippen MR) is 70.2 cm³/mol. The van der Waals surface area contributed by atoms with E-state index in [0.717, 1.165) is 43.4 Å². The van der Waals surface area contributed by atoms with Gasteiger partial charge >= 0.3 is 0 Å². The van der Waals surface area contributed by atoms with Crippen molar-refractivity contribution in [1.29, 1.82) is 0 Å². The fourth-order valence-corrected chi connectivity index (χ4v) is 2.67. The lowest BCUT2D eigenvalue weighted by Crippen LogP contribution is -2.17. The molecule has 0 amide bonds. The van der Waals surface area contributed by atoms with Gasteiger partial charge in [0.05, 0.1) is 18.8 Å². The highest BCUT2D eigenvalue weighted by Gasteiger charge is 2.32. The van der Waals surface area contributed by atoms with Crippen LogP contribution in [0.5, 0.6) is 0 Å². The molecule has 0 bridgehead atoms. The number of imidazole rings is 1. The minimum absolute atomic E-state index is 0.343. The zero-order chi connectivity index (χ0) is 12.5. The second-order valence-corrected chi connectivity index (χ2v) is 5.22. The topological polar surface area (TPSA) is 53.1 Å². The number of nitrogens with two attached hydrogens (primary N) is 1. The first-order chi connectivity index (χ1) is 8.81. The Balaban J connectivity index is 1.94. The van der Waals surface area contributed by atoms with Crippen LogP contribution in [0.15, 0.2) is 0 Å².